The van der Waals surface area contributed by atoms with Crippen LogP contribution in [0, 0.1) is 11.8 Å². The van der Waals surface area contributed by atoms with Crippen molar-refractivity contribution in [3.05, 3.63) is 0 Å². The van der Waals surface area contributed by atoms with Crippen molar-refractivity contribution in [2.75, 3.05) is 33.9 Å². The van der Waals surface area contributed by atoms with Crippen LogP contribution in [0.4, 0.5) is 0 Å². The fourth-order valence-corrected chi connectivity index (χ4v) is 2.71. The minimum Gasteiger partial charge on any atom is -0.384 e. The lowest BCUT2D eigenvalue weighted by Gasteiger charge is -2.30. The van der Waals surface area contributed by atoms with Gasteiger partial charge in [-0.25, -0.2) is 0 Å². The maximum absolute atomic E-state index is 5.29. The van der Waals surface area contributed by atoms with Crippen molar-refractivity contribution in [2.24, 2.45) is 11.8 Å². The standard InChI is InChI=1S/C13H27NO/c1-4-5-12-6-7-13(11-15-3)10-14(2)9-8-12/h12-13H,4-11H2,1-3H3. The van der Waals surface area contributed by atoms with E-state index in [1.165, 1.54) is 45.2 Å². The molecule has 0 aliphatic carbocycles. The third kappa shape index (κ3) is 4.98. The van der Waals surface area contributed by atoms with Gasteiger partial charge in [-0.3, -0.25) is 0 Å². The molecule has 0 aromatic carbocycles. The largest absolute Gasteiger partial charge is 0.384 e. The molecule has 0 bridgehead atoms. The topological polar surface area (TPSA) is 12.5 Å². The van der Waals surface area contributed by atoms with Gasteiger partial charge in [0.25, 0.3) is 0 Å². The molecule has 2 unspecified atom stereocenters. The van der Waals surface area contributed by atoms with Gasteiger partial charge in [0, 0.05) is 13.7 Å². The lowest BCUT2D eigenvalue weighted by Crippen LogP contribution is -2.32. The summed E-state index contributed by atoms with van der Waals surface area (Å²) in [7, 11) is 4.07. The van der Waals surface area contributed by atoms with E-state index >= 15 is 0 Å². The zero-order valence-corrected chi connectivity index (χ0v) is 10.7. The Kier molecular flexibility index (Phi) is 6.26. The van der Waals surface area contributed by atoms with Crippen molar-refractivity contribution in [2.45, 2.75) is 39.0 Å². The van der Waals surface area contributed by atoms with Crippen molar-refractivity contribution in [1.82, 2.24) is 4.90 Å². The third-order valence-electron chi connectivity index (χ3n) is 3.57. The predicted octanol–water partition coefficient (Wildman–Crippen LogP) is 2.78. The molecule has 0 aromatic heterocycles. The van der Waals surface area contributed by atoms with E-state index in [9.17, 15) is 0 Å². The molecule has 1 saturated heterocycles. The molecule has 15 heavy (non-hydrogen) atoms. The summed E-state index contributed by atoms with van der Waals surface area (Å²) in [6.07, 6.45) is 6.90. The zero-order chi connectivity index (χ0) is 11.1. The minimum absolute atomic E-state index is 0.750. The summed E-state index contributed by atoms with van der Waals surface area (Å²) >= 11 is 0. The molecule has 0 aromatic rings. The van der Waals surface area contributed by atoms with E-state index in [2.05, 4.69) is 18.9 Å². The number of ether oxygens (including phenoxy) is 1. The van der Waals surface area contributed by atoms with E-state index in [1.807, 2.05) is 7.11 Å². The Balaban J connectivity index is 2.38. The molecule has 1 fully saturated rings. The SMILES string of the molecule is CCCC1CCC(COC)CN(C)CC1. The highest BCUT2D eigenvalue weighted by Crippen LogP contribution is 2.24. The van der Waals surface area contributed by atoms with Crippen molar-refractivity contribution in [3.63, 3.8) is 0 Å². The number of hydrogen-bond donors (Lipinski definition) is 0. The molecule has 90 valence electrons. The predicted molar refractivity (Wildman–Crippen MR) is 65.1 cm³/mol. The number of methoxy groups -OCH3 is 1. The van der Waals surface area contributed by atoms with Crippen LogP contribution < -0.4 is 0 Å². The second-order valence-electron chi connectivity index (χ2n) is 5.10. The monoisotopic (exact) mass is 213 g/mol. The molecule has 1 heterocycles. The Labute approximate surface area is 95.0 Å². The maximum atomic E-state index is 5.29. The number of nitrogens with zero attached hydrogens (tertiary/aromatic N) is 1. The summed E-state index contributed by atoms with van der Waals surface area (Å²) in [5.41, 5.74) is 0. The Bertz CT molecular complexity index is 161. The van der Waals surface area contributed by atoms with E-state index in [-0.39, 0.29) is 0 Å². The van der Waals surface area contributed by atoms with Gasteiger partial charge in [-0.2, -0.15) is 0 Å². The van der Waals surface area contributed by atoms with Crippen LogP contribution in [0.1, 0.15) is 39.0 Å². The Morgan fingerprint density at radius 1 is 1.20 bits per heavy atom. The average Bonchev–Trinajstić information content (AvgIpc) is 2.20. The van der Waals surface area contributed by atoms with E-state index < -0.39 is 0 Å². The second kappa shape index (κ2) is 7.24. The average molecular weight is 213 g/mol. The number of rotatable bonds is 4. The van der Waals surface area contributed by atoms with Gasteiger partial charge in [0.2, 0.25) is 0 Å². The van der Waals surface area contributed by atoms with Crippen LogP contribution in [0.3, 0.4) is 0 Å². The van der Waals surface area contributed by atoms with Crippen LogP contribution in [0.25, 0.3) is 0 Å². The van der Waals surface area contributed by atoms with Gasteiger partial charge in [0.1, 0.15) is 0 Å². The molecule has 0 saturated carbocycles. The first-order valence-electron chi connectivity index (χ1n) is 6.43. The van der Waals surface area contributed by atoms with E-state index in [1.54, 1.807) is 0 Å². The first kappa shape index (κ1) is 13.0. The molecule has 1 rings (SSSR count). The molecule has 0 amide bonds. The van der Waals surface area contributed by atoms with E-state index in [0.29, 0.717) is 0 Å². The van der Waals surface area contributed by atoms with Gasteiger partial charge in [0.15, 0.2) is 0 Å². The van der Waals surface area contributed by atoms with Gasteiger partial charge in [-0.15, -0.1) is 0 Å². The van der Waals surface area contributed by atoms with Crippen LogP contribution in [0.2, 0.25) is 0 Å². The summed E-state index contributed by atoms with van der Waals surface area (Å²) in [4.78, 5) is 2.48. The maximum Gasteiger partial charge on any atom is 0.0502 e. The van der Waals surface area contributed by atoms with Crippen LogP contribution in [-0.2, 0) is 4.74 Å². The number of likely N-dealkylation sites (tertiary alicyclic amines) is 1. The quantitative estimate of drug-likeness (QED) is 0.712. The highest BCUT2D eigenvalue weighted by molar-refractivity contribution is 4.72. The van der Waals surface area contributed by atoms with Gasteiger partial charge < -0.3 is 9.64 Å². The first-order valence-corrected chi connectivity index (χ1v) is 6.43. The lowest BCUT2D eigenvalue weighted by molar-refractivity contribution is 0.106. The Morgan fingerprint density at radius 3 is 2.60 bits per heavy atom. The molecule has 2 atom stereocenters. The summed E-state index contributed by atoms with van der Waals surface area (Å²) in [5.74, 6) is 1.71. The van der Waals surface area contributed by atoms with Crippen LogP contribution in [0.5, 0.6) is 0 Å². The van der Waals surface area contributed by atoms with Crippen molar-refractivity contribution in [3.8, 4) is 0 Å². The summed E-state index contributed by atoms with van der Waals surface area (Å²) in [6.45, 7) is 5.72. The molecular formula is C13H27NO. The van der Waals surface area contributed by atoms with Crippen molar-refractivity contribution >= 4 is 0 Å². The molecule has 1 aliphatic heterocycles. The second-order valence-corrected chi connectivity index (χ2v) is 5.10. The Morgan fingerprint density at radius 2 is 1.93 bits per heavy atom. The fraction of sp³-hybridized carbons (Fsp3) is 1.00. The zero-order valence-electron chi connectivity index (χ0n) is 10.7. The third-order valence-corrected chi connectivity index (χ3v) is 3.57. The molecule has 0 spiro atoms. The van der Waals surface area contributed by atoms with E-state index in [4.69, 9.17) is 4.74 Å². The molecule has 2 nitrogen and oxygen atoms in total. The summed E-state index contributed by atoms with van der Waals surface area (Å²) in [5, 5.41) is 0. The highest BCUT2D eigenvalue weighted by atomic mass is 16.5. The van der Waals surface area contributed by atoms with Gasteiger partial charge in [-0.05, 0) is 38.3 Å². The van der Waals surface area contributed by atoms with Crippen molar-refractivity contribution < 1.29 is 4.74 Å². The minimum atomic E-state index is 0.750. The van der Waals surface area contributed by atoms with Gasteiger partial charge in [-0.1, -0.05) is 26.2 Å². The molecule has 1 aliphatic rings. The molecule has 2 heteroatoms. The van der Waals surface area contributed by atoms with E-state index in [0.717, 1.165) is 18.4 Å². The fourth-order valence-electron chi connectivity index (χ4n) is 2.71. The summed E-state index contributed by atoms with van der Waals surface area (Å²) in [6, 6.07) is 0. The van der Waals surface area contributed by atoms with Gasteiger partial charge >= 0.3 is 0 Å². The normalized spacial score (nSPS) is 29.8. The van der Waals surface area contributed by atoms with Crippen LogP contribution >= 0.6 is 0 Å². The highest BCUT2D eigenvalue weighted by Gasteiger charge is 2.19. The van der Waals surface area contributed by atoms with Crippen LogP contribution in [-0.4, -0.2) is 38.8 Å². The van der Waals surface area contributed by atoms with Crippen LogP contribution in [0.15, 0.2) is 0 Å². The first-order chi connectivity index (χ1) is 7.26. The Hall–Kier alpha value is -0.0800. The molecule has 0 N–H and O–H groups in total. The molecule has 0 radical (unpaired) electrons. The van der Waals surface area contributed by atoms with Crippen molar-refractivity contribution in [1.29, 1.82) is 0 Å². The summed E-state index contributed by atoms with van der Waals surface area (Å²) < 4.78 is 5.29. The van der Waals surface area contributed by atoms with Gasteiger partial charge in [0.05, 0.1) is 6.61 Å². The lowest BCUT2D eigenvalue weighted by atomic mass is 9.88. The molecular weight excluding hydrogens is 186 g/mol. The smallest absolute Gasteiger partial charge is 0.0502 e. The number of hydrogen-bond acceptors (Lipinski definition) is 2.